The first kappa shape index (κ1) is 14.7. The van der Waals surface area contributed by atoms with Gasteiger partial charge in [0.1, 0.15) is 0 Å². The Kier molecular flexibility index (Phi) is 5.82. The normalized spacial score (nSPS) is 10.7. The number of benzene rings is 1. The molecule has 0 saturated heterocycles. The summed E-state index contributed by atoms with van der Waals surface area (Å²) in [6.45, 7) is 6.15. The highest BCUT2D eigenvalue weighted by atomic mass is 16.1. The minimum Gasteiger partial charge on any atom is -0.325 e. The highest BCUT2D eigenvalue weighted by molar-refractivity contribution is 5.93. The van der Waals surface area contributed by atoms with Crippen LogP contribution in [0.25, 0.3) is 0 Å². The molecule has 0 aliphatic rings. The Hall–Kier alpha value is -1.39. The summed E-state index contributed by atoms with van der Waals surface area (Å²) >= 11 is 0. The summed E-state index contributed by atoms with van der Waals surface area (Å²) in [5.41, 5.74) is 3.21. The first-order chi connectivity index (χ1) is 8.50. The van der Waals surface area contributed by atoms with Crippen molar-refractivity contribution in [1.29, 1.82) is 0 Å². The Morgan fingerprint density at radius 2 is 2.00 bits per heavy atom. The molecule has 0 atom stereocenters. The van der Waals surface area contributed by atoms with Gasteiger partial charge in [0.15, 0.2) is 0 Å². The summed E-state index contributed by atoms with van der Waals surface area (Å²) < 4.78 is 0. The van der Waals surface area contributed by atoms with E-state index < -0.39 is 0 Å². The van der Waals surface area contributed by atoms with Gasteiger partial charge in [-0.25, -0.2) is 0 Å². The van der Waals surface area contributed by atoms with Crippen LogP contribution in [0.1, 0.15) is 11.1 Å². The van der Waals surface area contributed by atoms with Gasteiger partial charge >= 0.3 is 0 Å². The molecular weight excluding hydrogens is 226 g/mol. The zero-order valence-electron chi connectivity index (χ0n) is 11.7. The maximum atomic E-state index is 11.7. The maximum Gasteiger partial charge on any atom is 0.238 e. The average Bonchev–Trinajstić information content (AvgIpc) is 2.30. The quantitative estimate of drug-likeness (QED) is 0.749. The van der Waals surface area contributed by atoms with Gasteiger partial charge in [0.2, 0.25) is 5.91 Å². The molecular formula is C14H23N3O. The van der Waals surface area contributed by atoms with Crippen LogP contribution in [-0.2, 0) is 4.79 Å². The summed E-state index contributed by atoms with van der Waals surface area (Å²) in [5, 5.41) is 6.04. The molecule has 0 spiro atoms. The van der Waals surface area contributed by atoms with E-state index in [9.17, 15) is 4.79 Å². The number of amides is 1. The number of nitrogens with zero attached hydrogens (tertiary/aromatic N) is 1. The van der Waals surface area contributed by atoms with Gasteiger partial charge in [0, 0.05) is 18.8 Å². The van der Waals surface area contributed by atoms with Crippen LogP contribution in [0.15, 0.2) is 18.2 Å². The SMILES string of the molecule is Cc1cccc(NC(=O)CNCCN(C)C)c1C. The Bertz CT molecular complexity index is 402. The number of hydrogen-bond acceptors (Lipinski definition) is 3. The highest BCUT2D eigenvalue weighted by Gasteiger charge is 2.05. The smallest absolute Gasteiger partial charge is 0.238 e. The van der Waals surface area contributed by atoms with Crippen LogP contribution < -0.4 is 10.6 Å². The van der Waals surface area contributed by atoms with E-state index in [4.69, 9.17) is 0 Å². The number of rotatable bonds is 6. The van der Waals surface area contributed by atoms with Crippen LogP contribution in [0.4, 0.5) is 5.69 Å². The molecule has 0 bridgehead atoms. The summed E-state index contributed by atoms with van der Waals surface area (Å²) in [6.07, 6.45) is 0. The number of carbonyl (C=O) groups is 1. The second-order valence-corrected chi connectivity index (χ2v) is 4.78. The zero-order chi connectivity index (χ0) is 13.5. The van der Waals surface area contributed by atoms with Crippen molar-refractivity contribution in [2.45, 2.75) is 13.8 Å². The lowest BCUT2D eigenvalue weighted by Crippen LogP contribution is -2.33. The van der Waals surface area contributed by atoms with Crippen molar-refractivity contribution in [2.24, 2.45) is 0 Å². The molecule has 0 aliphatic carbocycles. The van der Waals surface area contributed by atoms with Crippen molar-refractivity contribution in [3.8, 4) is 0 Å². The van der Waals surface area contributed by atoms with E-state index >= 15 is 0 Å². The molecule has 1 aromatic rings. The molecule has 4 heteroatoms. The lowest BCUT2D eigenvalue weighted by molar-refractivity contribution is -0.115. The van der Waals surface area contributed by atoms with Crippen molar-refractivity contribution in [3.05, 3.63) is 29.3 Å². The van der Waals surface area contributed by atoms with Crippen LogP contribution in [-0.4, -0.2) is 44.5 Å². The fourth-order valence-corrected chi connectivity index (χ4v) is 1.59. The van der Waals surface area contributed by atoms with E-state index in [2.05, 4.69) is 15.5 Å². The lowest BCUT2D eigenvalue weighted by Gasteiger charge is -2.12. The van der Waals surface area contributed by atoms with E-state index in [0.717, 1.165) is 24.3 Å². The van der Waals surface area contributed by atoms with Crippen molar-refractivity contribution in [2.75, 3.05) is 39.0 Å². The average molecular weight is 249 g/mol. The fraction of sp³-hybridized carbons (Fsp3) is 0.500. The summed E-state index contributed by atoms with van der Waals surface area (Å²) in [6, 6.07) is 5.93. The second kappa shape index (κ2) is 7.13. The van der Waals surface area contributed by atoms with Gasteiger partial charge in [0.05, 0.1) is 6.54 Å². The van der Waals surface area contributed by atoms with Crippen LogP contribution in [0, 0.1) is 13.8 Å². The minimum atomic E-state index is 0.00227. The van der Waals surface area contributed by atoms with Crippen LogP contribution >= 0.6 is 0 Å². The maximum absolute atomic E-state index is 11.7. The van der Waals surface area contributed by atoms with E-state index in [0.29, 0.717) is 6.54 Å². The molecule has 0 heterocycles. The molecule has 1 amide bonds. The molecule has 2 N–H and O–H groups in total. The van der Waals surface area contributed by atoms with Crippen LogP contribution in [0.5, 0.6) is 0 Å². The van der Waals surface area contributed by atoms with Crippen molar-refractivity contribution in [1.82, 2.24) is 10.2 Å². The fourth-order valence-electron chi connectivity index (χ4n) is 1.59. The van der Waals surface area contributed by atoms with E-state index in [1.807, 2.05) is 46.1 Å². The Labute approximate surface area is 109 Å². The molecule has 1 aromatic carbocycles. The van der Waals surface area contributed by atoms with Gasteiger partial charge in [-0.05, 0) is 45.1 Å². The van der Waals surface area contributed by atoms with Crippen molar-refractivity contribution < 1.29 is 4.79 Å². The Morgan fingerprint density at radius 3 is 2.67 bits per heavy atom. The molecule has 0 radical (unpaired) electrons. The topological polar surface area (TPSA) is 44.4 Å². The Balaban J connectivity index is 2.38. The van der Waals surface area contributed by atoms with Gasteiger partial charge in [0.25, 0.3) is 0 Å². The minimum absolute atomic E-state index is 0.00227. The van der Waals surface area contributed by atoms with E-state index in [-0.39, 0.29) is 5.91 Å². The third-order valence-electron chi connectivity index (χ3n) is 2.90. The Morgan fingerprint density at radius 1 is 1.28 bits per heavy atom. The molecule has 0 aliphatic heterocycles. The summed E-state index contributed by atoms with van der Waals surface area (Å²) in [7, 11) is 4.02. The number of carbonyl (C=O) groups excluding carboxylic acids is 1. The van der Waals surface area contributed by atoms with Crippen LogP contribution in [0.2, 0.25) is 0 Å². The molecule has 4 nitrogen and oxygen atoms in total. The summed E-state index contributed by atoms with van der Waals surface area (Å²) in [4.78, 5) is 13.8. The number of aryl methyl sites for hydroxylation is 1. The number of nitrogens with one attached hydrogen (secondary N) is 2. The first-order valence-corrected chi connectivity index (χ1v) is 6.22. The molecule has 1 rings (SSSR count). The van der Waals surface area contributed by atoms with Gasteiger partial charge in [-0.15, -0.1) is 0 Å². The molecule has 18 heavy (non-hydrogen) atoms. The highest BCUT2D eigenvalue weighted by Crippen LogP contribution is 2.17. The largest absolute Gasteiger partial charge is 0.325 e. The number of anilines is 1. The van der Waals surface area contributed by atoms with Crippen molar-refractivity contribution in [3.63, 3.8) is 0 Å². The molecule has 0 aromatic heterocycles. The van der Waals surface area contributed by atoms with Gasteiger partial charge in [-0.1, -0.05) is 12.1 Å². The molecule has 0 unspecified atom stereocenters. The van der Waals surface area contributed by atoms with Crippen LogP contribution in [0.3, 0.4) is 0 Å². The standard InChI is InChI=1S/C14H23N3O/c1-11-6-5-7-13(12(11)2)16-14(18)10-15-8-9-17(3)4/h5-7,15H,8-10H2,1-4H3,(H,16,18). The monoisotopic (exact) mass is 249 g/mol. The number of hydrogen-bond donors (Lipinski definition) is 2. The van der Waals surface area contributed by atoms with Gasteiger partial charge < -0.3 is 15.5 Å². The first-order valence-electron chi connectivity index (χ1n) is 6.22. The van der Waals surface area contributed by atoms with E-state index in [1.54, 1.807) is 0 Å². The third-order valence-corrected chi connectivity index (χ3v) is 2.90. The van der Waals surface area contributed by atoms with E-state index in [1.165, 1.54) is 5.56 Å². The molecule has 0 saturated carbocycles. The number of likely N-dealkylation sites (N-methyl/N-ethyl adjacent to an activating group) is 1. The predicted molar refractivity (Wildman–Crippen MR) is 76.0 cm³/mol. The summed E-state index contributed by atoms with van der Waals surface area (Å²) in [5.74, 6) is 0.00227. The zero-order valence-corrected chi connectivity index (χ0v) is 11.7. The third kappa shape index (κ3) is 4.85. The van der Waals surface area contributed by atoms with Crippen molar-refractivity contribution >= 4 is 11.6 Å². The molecule has 100 valence electrons. The van der Waals surface area contributed by atoms with Gasteiger partial charge in [-0.2, -0.15) is 0 Å². The molecule has 0 fully saturated rings. The lowest BCUT2D eigenvalue weighted by atomic mass is 10.1. The predicted octanol–water partition coefficient (Wildman–Crippen LogP) is 1.39. The second-order valence-electron chi connectivity index (χ2n) is 4.78. The van der Waals surface area contributed by atoms with Gasteiger partial charge in [-0.3, -0.25) is 4.79 Å².